The summed E-state index contributed by atoms with van der Waals surface area (Å²) in [5.41, 5.74) is 0.887. The normalized spacial score (nSPS) is 12.6. The van der Waals surface area contributed by atoms with E-state index < -0.39 is 11.0 Å². The zero-order valence-electron chi connectivity index (χ0n) is 11.4. The molecule has 1 aromatic rings. The molecule has 1 heterocycles. The Labute approximate surface area is 116 Å². The van der Waals surface area contributed by atoms with Crippen molar-refractivity contribution in [3.8, 4) is 0 Å². The standard InChI is InChI=1S/C11H20N4O3S/c1-8-11(15(17)18)9(2)14(13-8)7-10(16)6-12-4-5-19-3/h10,12,16H,4-7H2,1-3H3. The van der Waals surface area contributed by atoms with Crippen LogP contribution in [0.25, 0.3) is 0 Å². The number of rotatable bonds is 8. The maximum Gasteiger partial charge on any atom is 0.312 e. The topological polar surface area (TPSA) is 93.2 Å². The second-order valence-corrected chi connectivity index (χ2v) is 5.29. The molecule has 0 spiro atoms. The number of hydrogen-bond acceptors (Lipinski definition) is 6. The molecule has 7 nitrogen and oxygen atoms in total. The van der Waals surface area contributed by atoms with Gasteiger partial charge in [0, 0.05) is 18.8 Å². The van der Waals surface area contributed by atoms with Crippen LogP contribution in [0.2, 0.25) is 0 Å². The number of aromatic nitrogens is 2. The summed E-state index contributed by atoms with van der Waals surface area (Å²) in [5.74, 6) is 0.984. The van der Waals surface area contributed by atoms with Crippen LogP contribution in [0.15, 0.2) is 0 Å². The molecule has 0 aromatic carbocycles. The van der Waals surface area contributed by atoms with Gasteiger partial charge in [-0.15, -0.1) is 0 Å². The maximum atomic E-state index is 10.9. The van der Waals surface area contributed by atoms with Gasteiger partial charge in [0.15, 0.2) is 0 Å². The lowest BCUT2D eigenvalue weighted by Gasteiger charge is -2.12. The van der Waals surface area contributed by atoms with E-state index in [1.54, 1.807) is 25.6 Å². The van der Waals surface area contributed by atoms with E-state index in [0.29, 0.717) is 17.9 Å². The number of aryl methyl sites for hydroxylation is 1. The fourth-order valence-electron chi connectivity index (χ4n) is 1.84. The quantitative estimate of drug-likeness (QED) is 0.416. The first-order valence-corrected chi connectivity index (χ1v) is 7.42. The number of aliphatic hydroxyl groups excluding tert-OH is 1. The molecule has 0 fully saturated rings. The van der Waals surface area contributed by atoms with Crippen LogP contribution in [0, 0.1) is 24.0 Å². The van der Waals surface area contributed by atoms with Crippen molar-refractivity contribution in [1.29, 1.82) is 0 Å². The molecule has 1 aromatic heterocycles. The minimum Gasteiger partial charge on any atom is -0.390 e. The molecule has 108 valence electrons. The molecular weight excluding hydrogens is 268 g/mol. The molecule has 0 bridgehead atoms. The van der Waals surface area contributed by atoms with Crippen molar-refractivity contribution in [1.82, 2.24) is 15.1 Å². The molecule has 8 heteroatoms. The van der Waals surface area contributed by atoms with Crippen LogP contribution in [-0.2, 0) is 6.54 Å². The van der Waals surface area contributed by atoms with Gasteiger partial charge in [-0.05, 0) is 20.1 Å². The lowest BCUT2D eigenvalue weighted by molar-refractivity contribution is -0.386. The molecule has 1 unspecified atom stereocenters. The minimum atomic E-state index is -0.612. The number of hydrogen-bond donors (Lipinski definition) is 2. The van der Waals surface area contributed by atoms with E-state index in [4.69, 9.17) is 0 Å². The molecule has 0 radical (unpaired) electrons. The van der Waals surface area contributed by atoms with Gasteiger partial charge in [-0.25, -0.2) is 0 Å². The first kappa shape index (κ1) is 15.9. The molecule has 1 atom stereocenters. The van der Waals surface area contributed by atoms with Crippen molar-refractivity contribution in [2.45, 2.75) is 26.5 Å². The van der Waals surface area contributed by atoms with Gasteiger partial charge in [0.05, 0.1) is 17.6 Å². The SMILES string of the molecule is CSCCNCC(O)Cn1nc(C)c([N+](=O)[O-])c1C. The van der Waals surface area contributed by atoms with Crippen molar-refractivity contribution in [2.24, 2.45) is 0 Å². The summed E-state index contributed by atoms with van der Waals surface area (Å²) < 4.78 is 1.49. The van der Waals surface area contributed by atoms with Crippen molar-refractivity contribution >= 4 is 17.4 Å². The zero-order chi connectivity index (χ0) is 14.4. The third-order valence-electron chi connectivity index (χ3n) is 2.77. The summed E-state index contributed by atoms with van der Waals surface area (Å²) in [6.45, 7) is 4.78. The lowest BCUT2D eigenvalue weighted by Crippen LogP contribution is -2.32. The van der Waals surface area contributed by atoms with Crippen molar-refractivity contribution in [2.75, 3.05) is 25.1 Å². The van der Waals surface area contributed by atoms with E-state index in [-0.39, 0.29) is 12.2 Å². The Hall–Kier alpha value is -1.12. The monoisotopic (exact) mass is 288 g/mol. The Balaban J connectivity index is 2.57. The Morgan fingerprint density at radius 3 is 2.79 bits per heavy atom. The van der Waals surface area contributed by atoms with E-state index in [1.165, 1.54) is 4.68 Å². The molecule has 0 saturated carbocycles. The van der Waals surface area contributed by atoms with Crippen LogP contribution in [0.1, 0.15) is 11.4 Å². The van der Waals surface area contributed by atoms with Crippen molar-refractivity contribution in [3.05, 3.63) is 21.5 Å². The Bertz CT molecular complexity index is 436. The van der Waals surface area contributed by atoms with Crippen molar-refractivity contribution < 1.29 is 10.0 Å². The van der Waals surface area contributed by atoms with Crippen molar-refractivity contribution in [3.63, 3.8) is 0 Å². The smallest absolute Gasteiger partial charge is 0.312 e. The summed E-state index contributed by atoms with van der Waals surface area (Å²) in [4.78, 5) is 10.4. The number of thioether (sulfide) groups is 1. The van der Waals surface area contributed by atoms with Crippen LogP contribution in [0.4, 0.5) is 5.69 Å². The first-order chi connectivity index (χ1) is 8.97. The summed E-state index contributed by atoms with van der Waals surface area (Å²) >= 11 is 1.73. The van der Waals surface area contributed by atoms with E-state index in [9.17, 15) is 15.2 Å². The first-order valence-electron chi connectivity index (χ1n) is 6.03. The van der Waals surface area contributed by atoms with Gasteiger partial charge in [0.2, 0.25) is 0 Å². The zero-order valence-corrected chi connectivity index (χ0v) is 12.2. The highest BCUT2D eigenvalue weighted by atomic mass is 32.2. The lowest BCUT2D eigenvalue weighted by atomic mass is 10.3. The fraction of sp³-hybridized carbons (Fsp3) is 0.727. The maximum absolute atomic E-state index is 10.9. The summed E-state index contributed by atoms with van der Waals surface area (Å²) in [7, 11) is 0. The van der Waals surface area contributed by atoms with Crippen LogP contribution >= 0.6 is 11.8 Å². The van der Waals surface area contributed by atoms with Gasteiger partial charge >= 0.3 is 5.69 Å². The molecule has 2 N–H and O–H groups in total. The number of nitrogens with zero attached hydrogens (tertiary/aromatic N) is 3. The van der Waals surface area contributed by atoms with E-state index in [0.717, 1.165) is 12.3 Å². The highest BCUT2D eigenvalue weighted by molar-refractivity contribution is 7.98. The molecule has 1 rings (SSSR count). The molecule has 0 amide bonds. The minimum absolute atomic E-state index is 0.0301. The predicted molar refractivity (Wildman–Crippen MR) is 75.6 cm³/mol. The summed E-state index contributed by atoms with van der Waals surface area (Å²) in [5, 5.41) is 27.9. The number of nitrogens with one attached hydrogen (secondary N) is 1. The van der Waals surface area contributed by atoms with Crippen LogP contribution in [-0.4, -0.2) is 51.0 Å². The third-order valence-corrected chi connectivity index (χ3v) is 3.38. The summed E-state index contributed by atoms with van der Waals surface area (Å²) in [6.07, 6.45) is 1.41. The van der Waals surface area contributed by atoms with Crippen LogP contribution in [0.5, 0.6) is 0 Å². The highest BCUT2D eigenvalue weighted by Crippen LogP contribution is 2.21. The van der Waals surface area contributed by atoms with Gasteiger partial charge in [-0.3, -0.25) is 14.8 Å². The molecule has 0 aliphatic heterocycles. The fourth-order valence-corrected chi connectivity index (χ4v) is 2.18. The van der Waals surface area contributed by atoms with Gasteiger partial charge in [0.1, 0.15) is 11.4 Å². The van der Waals surface area contributed by atoms with E-state index in [1.807, 2.05) is 6.26 Å². The summed E-state index contributed by atoms with van der Waals surface area (Å²) in [6, 6.07) is 0. The predicted octanol–water partition coefficient (Wildman–Crippen LogP) is 0.722. The van der Waals surface area contributed by atoms with Gasteiger partial charge in [-0.2, -0.15) is 16.9 Å². The van der Waals surface area contributed by atoms with Crippen LogP contribution in [0.3, 0.4) is 0 Å². The van der Waals surface area contributed by atoms with Crippen LogP contribution < -0.4 is 5.32 Å². The van der Waals surface area contributed by atoms with Gasteiger partial charge in [-0.1, -0.05) is 0 Å². The average Bonchev–Trinajstić information content (AvgIpc) is 2.60. The molecule has 0 saturated heterocycles. The average molecular weight is 288 g/mol. The second-order valence-electron chi connectivity index (χ2n) is 4.31. The second kappa shape index (κ2) is 7.46. The Kier molecular flexibility index (Phi) is 6.26. The largest absolute Gasteiger partial charge is 0.390 e. The third kappa shape index (κ3) is 4.48. The van der Waals surface area contributed by atoms with E-state index in [2.05, 4.69) is 10.4 Å². The van der Waals surface area contributed by atoms with Gasteiger partial charge < -0.3 is 10.4 Å². The molecule has 19 heavy (non-hydrogen) atoms. The number of aliphatic hydroxyl groups is 1. The molecule has 0 aliphatic carbocycles. The van der Waals surface area contributed by atoms with Gasteiger partial charge in [0.25, 0.3) is 0 Å². The van der Waals surface area contributed by atoms with E-state index >= 15 is 0 Å². The Morgan fingerprint density at radius 2 is 2.26 bits per heavy atom. The molecule has 0 aliphatic rings. The highest BCUT2D eigenvalue weighted by Gasteiger charge is 2.22. The number of nitro groups is 1. The Morgan fingerprint density at radius 1 is 1.58 bits per heavy atom. The molecular formula is C11H20N4O3S.